The summed E-state index contributed by atoms with van der Waals surface area (Å²) in [5, 5.41) is 11.8. The van der Waals surface area contributed by atoms with E-state index in [1.54, 1.807) is 6.07 Å². The molecule has 1 heterocycles. The third-order valence-electron chi connectivity index (χ3n) is 2.48. The van der Waals surface area contributed by atoms with E-state index < -0.39 is 0 Å². The van der Waals surface area contributed by atoms with E-state index in [0.29, 0.717) is 16.8 Å². The van der Waals surface area contributed by atoms with Crippen molar-refractivity contribution in [3.63, 3.8) is 0 Å². The van der Waals surface area contributed by atoms with Gasteiger partial charge in [-0.15, -0.1) is 10.2 Å². The highest BCUT2D eigenvalue weighted by atomic mass is 79.9. The maximum absolute atomic E-state index is 6.14. The zero-order valence-corrected chi connectivity index (χ0v) is 12.4. The summed E-state index contributed by atoms with van der Waals surface area (Å²) < 4.78 is 6.53. The van der Waals surface area contributed by atoms with E-state index in [1.807, 2.05) is 26.0 Å². The van der Waals surface area contributed by atoms with Crippen LogP contribution in [-0.4, -0.2) is 16.7 Å². The van der Waals surface area contributed by atoms with Crippen LogP contribution in [0.5, 0.6) is 0 Å². The Labute approximate surface area is 119 Å². The van der Waals surface area contributed by atoms with Crippen LogP contribution in [0.2, 0.25) is 5.02 Å². The molecule has 0 amide bonds. The van der Waals surface area contributed by atoms with Gasteiger partial charge in [0.1, 0.15) is 0 Å². The van der Waals surface area contributed by atoms with Gasteiger partial charge in [0.05, 0.1) is 16.6 Å². The highest BCUT2D eigenvalue weighted by Gasteiger charge is 2.15. The number of halogens is 2. The average Bonchev–Trinajstić information content (AvgIpc) is 2.78. The summed E-state index contributed by atoms with van der Waals surface area (Å²) in [5.41, 5.74) is 0.738. The fourth-order valence-corrected chi connectivity index (χ4v) is 2.33. The molecule has 0 radical (unpaired) electrons. The Balaban J connectivity index is 2.29. The first kappa shape index (κ1) is 13.5. The first-order valence-corrected chi connectivity index (χ1v) is 6.81. The minimum absolute atomic E-state index is 0.0328. The summed E-state index contributed by atoms with van der Waals surface area (Å²) in [5.74, 6) is 0.998. The van der Waals surface area contributed by atoms with Crippen molar-refractivity contribution in [2.75, 3.05) is 6.54 Å². The molecule has 2 aromatic rings. The standard InChI is InChI=1S/C12H13BrClN3O/c1-3-15-7(2)11-16-17-12(18-11)9-5-4-8(13)6-10(9)14/h4-7,15H,3H2,1-2H3. The van der Waals surface area contributed by atoms with Crippen molar-refractivity contribution in [1.29, 1.82) is 0 Å². The third kappa shape index (κ3) is 2.91. The SMILES string of the molecule is CCNC(C)c1nnc(-c2ccc(Br)cc2Cl)o1. The molecular weight excluding hydrogens is 318 g/mol. The number of nitrogens with zero attached hydrogens (tertiary/aromatic N) is 2. The number of rotatable bonds is 4. The van der Waals surface area contributed by atoms with Crippen LogP contribution in [0.25, 0.3) is 11.5 Å². The van der Waals surface area contributed by atoms with Gasteiger partial charge in [0, 0.05) is 4.47 Å². The molecule has 0 fully saturated rings. The van der Waals surface area contributed by atoms with Gasteiger partial charge in [-0.05, 0) is 31.7 Å². The van der Waals surface area contributed by atoms with Crippen molar-refractivity contribution in [3.8, 4) is 11.5 Å². The molecule has 1 aromatic heterocycles. The summed E-state index contributed by atoms with van der Waals surface area (Å²) in [6, 6.07) is 5.57. The van der Waals surface area contributed by atoms with Gasteiger partial charge in [-0.1, -0.05) is 34.5 Å². The quantitative estimate of drug-likeness (QED) is 0.926. The Morgan fingerprint density at radius 1 is 1.44 bits per heavy atom. The van der Waals surface area contributed by atoms with E-state index in [0.717, 1.165) is 16.6 Å². The molecular formula is C12H13BrClN3O. The van der Waals surface area contributed by atoms with Crippen molar-refractivity contribution in [3.05, 3.63) is 33.6 Å². The predicted molar refractivity (Wildman–Crippen MR) is 74.5 cm³/mol. The highest BCUT2D eigenvalue weighted by molar-refractivity contribution is 9.10. The first-order valence-electron chi connectivity index (χ1n) is 5.64. The number of benzene rings is 1. The van der Waals surface area contributed by atoms with E-state index in [4.69, 9.17) is 16.0 Å². The van der Waals surface area contributed by atoms with Gasteiger partial charge in [-0.2, -0.15) is 0 Å². The molecule has 0 saturated carbocycles. The Kier molecular flexibility index (Phi) is 4.37. The van der Waals surface area contributed by atoms with Gasteiger partial charge < -0.3 is 9.73 Å². The molecule has 1 N–H and O–H groups in total. The molecule has 2 rings (SSSR count). The summed E-state index contributed by atoms with van der Waals surface area (Å²) in [4.78, 5) is 0. The lowest BCUT2D eigenvalue weighted by molar-refractivity contribution is 0.429. The molecule has 0 aliphatic heterocycles. The van der Waals surface area contributed by atoms with Crippen LogP contribution in [0.3, 0.4) is 0 Å². The van der Waals surface area contributed by atoms with E-state index in [-0.39, 0.29) is 6.04 Å². The first-order chi connectivity index (χ1) is 8.61. The largest absolute Gasteiger partial charge is 0.419 e. The lowest BCUT2D eigenvalue weighted by atomic mass is 10.2. The maximum Gasteiger partial charge on any atom is 0.249 e. The second kappa shape index (κ2) is 5.82. The van der Waals surface area contributed by atoms with Gasteiger partial charge in [0.2, 0.25) is 11.8 Å². The van der Waals surface area contributed by atoms with Gasteiger partial charge in [-0.3, -0.25) is 0 Å². The van der Waals surface area contributed by atoms with Crippen molar-refractivity contribution in [1.82, 2.24) is 15.5 Å². The number of hydrogen-bond donors (Lipinski definition) is 1. The number of nitrogens with one attached hydrogen (secondary N) is 1. The van der Waals surface area contributed by atoms with E-state index in [1.165, 1.54) is 0 Å². The minimum Gasteiger partial charge on any atom is -0.419 e. The lowest BCUT2D eigenvalue weighted by Gasteiger charge is -2.05. The Morgan fingerprint density at radius 3 is 2.89 bits per heavy atom. The molecule has 0 bridgehead atoms. The molecule has 0 aliphatic rings. The van der Waals surface area contributed by atoms with Crippen LogP contribution in [0.1, 0.15) is 25.8 Å². The summed E-state index contributed by atoms with van der Waals surface area (Å²) in [7, 11) is 0. The summed E-state index contributed by atoms with van der Waals surface area (Å²) in [6.45, 7) is 4.85. The molecule has 1 aromatic carbocycles. The van der Waals surface area contributed by atoms with Crippen molar-refractivity contribution >= 4 is 27.5 Å². The molecule has 0 spiro atoms. The van der Waals surface area contributed by atoms with Gasteiger partial charge >= 0.3 is 0 Å². The van der Waals surface area contributed by atoms with Crippen molar-refractivity contribution in [2.45, 2.75) is 19.9 Å². The van der Waals surface area contributed by atoms with E-state index in [9.17, 15) is 0 Å². The van der Waals surface area contributed by atoms with Crippen LogP contribution >= 0.6 is 27.5 Å². The fourth-order valence-electron chi connectivity index (χ4n) is 1.57. The Bertz CT molecular complexity index is 544. The van der Waals surface area contributed by atoms with Crippen LogP contribution in [0.15, 0.2) is 27.1 Å². The minimum atomic E-state index is 0.0328. The summed E-state index contributed by atoms with van der Waals surface area (Å²) in [6.07, 6.45) is 0. The molecule has 18 heavy (non-hydrogen) atoms. The maximum atomic E-state index is 6.14. The molecule has 6 heteroatoms. The Morgan fingerprint density at radius 2 is 2.22 bits per heavy atom. The number of aromatic nitrogens is 2. The molecule has 0 saturated heterocycles. The topological polar surface area (TPSA) is 51.0 Å². The van der Waals surface area contributed by atoms with E-state index in [2.05, 4.69) is 31.4 Å². The number of hydrogen-bond acceptors (Lipinski definition) is 4. The van der Waals surface area contributed by atoms with Gasteiger partial charge in [-0.25, -0.2) is 0 Å². The zero-order chi connectivity index (χ0) is 13.1. The second-order valence-corrected chi connectivity index (χ2v) is 5.17. The zero-order valence-electron chi connectivity index (χ0n) is 10.1. The summed E-state index contributed by atoms with van der Waals surface area (Å²) >= 11 is 9.50. The normalized spacial score (nSPS) is 12.7. The highest BCUT2D eigenvalue weighted by Crippen LogP contribution is 2.30. The van der Waals surface area contributed by atoms with Crippen molar-refractivity contribution in [2.24, 2.45) is 0 Å². The smallest absolute Gasteiger partial charge is 0.249 e. The third-order valence-corrected chi connectivity index (χ3v) is 3.29. The van der Waals surface area contributed by atoms with Gasteiger partial charge in [0.25, 0.3) is 0 Å². The average molecular weight is 331 g/mol. The van der Waals surface area contributed by atoms with Crippen LogP contribution in [0.4, 0.5) is 0 Å². The predicted octanol–water partition coefficient (Wildman–Crippen LogP) is 3.82. The fraction of sp³-hybridized carbons (Fsp3) is 0.333. The monoisotopic (exact) mass is 329 g/mol. The Hall–Kier alpha value is -0.910. The van der Waals surface area contributed by atoms with Crippen LogP contribution in [-0.2, 0) is 0 Å². The molecule has 0 aliphatic carbocycles. The van der Waals surface area contributed by atoms with Gasteiger partial charge in [0.15, 0.2) is 0 Å². The molecule has 4 nitrogen and oxygen atoms in total. The van der Waals surface area contributed by atoms with Crippen molar-refractivity contribution < 1.29 is 4.42 Å². The van der Waals surface area contributed by atoms with E-state index >= 15 is 0 Å². The molecule has 96 valence electrons. The molecule has 1 unspecified atom stereocenters. The van der Waals surface area contributed by atoms with Crippen LogP contribution < -0.4 is 5.32 Å². The molecule has 1 atom stereocenters. The second-order valence-electron chi connectivity index (χ2n) is 3.85. The van der Waals surface area contributed by atoms with Crippen LogP contribution in [0, 0.1) is 0 Å². The lowest BCUT2D eigenvalue weighted by Crippen LogP contribution is -2.17.